The molecule has 2 rings (SSSR count). The van der Waals surface area contributed by atoms with Crippen LogP contribution in [0.5, 0.6) is 0 Å². The van der Waals surface area contributed by atoms with Crippen molar-refractivity contribution in [2.45, 2.75) is 6.92 Å². The molecule has 0 aliphatic carbocycles. The van der Waals surface area contributed by atoms with Crippen molar-refractivity contribution in [2.24, 2.45) is 0 Å². The molecule has 1 aromatic heterocycles. The van der Waals surface area contributed by atoms with Crippen molar-refractivity contribution in [3.63, 3.8) is 0 Å². The number of ketones is 1. The van der Waals surface area contributed by atoms with Gasteiger partial charge in [0.25, 0.3) is 0 Å². The Morgan fingerprint density at radius 2 is 1.83 bits per heavy atom. The molecule has 92 valence electrons. The van der Waals surface area contributed by atoms with Crippen molar-refractivity contribution < 1.29 is 13.6 Å². The van der Waals surface area contributed by atoms with Crippen molar-refractivity contribution >= 4 is 17.4 Å². The minimum atomic E-state index is -1.29. The molecule has 0 saturated heterocycles. The quantitative estimate of drug-likeness (QED) is 0.621. The Labute approximate surface area is 106 Å². The van der Waals surface area contributed by atoms with Gasteiger partial charge in [0.05, 0.1) is 10.6 Å². The van der Waals surface area contributed by atoms with Gasteiger partial charge >= 0.3 is 0 Å². The van der Waals surface area contributed by atoms with E-state index >= 15 is 0 Å². The topological polar surface area (TPSA) is 42.9 Å². The van der Waals surface area contributed by atoms with Crippen LogP contribution in [-0.4, -0.2) is 15.8 Å². The summed E-state index contributed by atoms with van der Waals surface area (Å²) in [4.78, 5) is 19.5. The number of carbonyl (C=O) groups is 1. The molecule has 2 aromatic rings. The van der Waals surface area contributed by atoms with E-state index in [0.29, 0.717) is 0 Å². The van der Waals surface area contributed by atoms with Crippen LogP contribution in [0, 0.1) is 18.6 Å². The summed E-state index contributed by atoms with van der Waals surface area (Å²) in [6, 6.07) is 1.96. The van der Waals surface area contributed by atoms with Gasteiger partial charge in [-0.05, 0) is 24.6 Å². The molecule has 0 unspecified atom stereocenters. The third-order valence-corrected chi connectivity index (χ3v) is 2.57. The fraction of sp³-hybridized carbons (Fsp3) is 0.0833. The molecule has 1 aromatic carbocycles. The zero-order valence-electron chi connectivity index (χ0n) is 9.25. The molecule has 0 amide bonds. The van der Waals surface area contributed by atoms with E-state index in [1.807, 2.05) is 0 Å². The number of aryl methyl sites for hydroxylation is 1. The number of benzene rings is 1. The molecule has 18 heavy (non-hydrogen) atoms. The van der Waals surface area contributed by atoms with E-state index < -0.39 is 23.0 Å². The molecule has 0 fully saturated rings. The van der Waals surface area contributed by atoms with E-state index in [1.54, 1.807) is 6.92 Å². The second kappa shape index (κ2) is 4.78. The second-order valence-corrected chi connectivity index (χ2v) is 4.04. The molecule has 0 aliphatic heterocycles. The van der Waals surface area contributed by atoms with E-state index in [-0.39, 0.29) is 10.8 Å². The first-order chi connectivity index (χ1) is 8.50. The Bertz CT molecular complexity index is 614. The maximum absolute atomic E-state index is 13.5. The SMILES string of the molecule is Cc1cnc(C(=O)c2c(Cl)ccc(F)c2F)nc1. The van der Waals surface area contributed by atoms with Crippen molar-refractivity contribution in [3.8, 4) is 0 Å². The molecule has 0 radical (unpaired) electrons. The highest BCUT2D eigenvalue weighted by Crippen LogP contribution is 2.23. The Morgan fingerprint density at radius 1 is 1.22 bits per heavy atom. The number of aromatic nitrogens is 2. The molecule has 0 spiro atoms. The normalized spacial score (nSPS) is 10.4. The first-order valence-electron chi connectivity index (χ1n) is 4.97. The van der Waals surface area contributed by atoms with Gasteiger partial charge in [-0.25, -0.2) is 18.7 Å². The number of halogens is 3. The predicted molar refractivity (Wildman–Crippen MR) is 61.6 cm³/mol. The zero-order chi connectivity index (χ0) is 13.3. The van der Waals surface area contributed by atoms with Crippen LogP contribution in [-0.2, 0) is 0 Å². The van der Waals surface area contributed by atoms with Gasteiger partial charge in [-0.3, -0.25) is 4.79 Å². The number of nitrogens with zero attached hydrogens (tertiary/aromatic N) is 2. The fourth-order valence-corrected chi connectivity index (χ4v) is 1.59. The highest BCUT2D eigenvalue weighted by Gasteiger charge is 2.22. The summed E-state index contributed by atoms with van der Waals surface area (Å²) in [5.41, 5.74) is 0.192. The molecule has 3 nitrogen and oxygen atoms in total. The highest BCUT2D eigenvalue weighted by atomic mass is 35.5. The van der Waals surface area contributed by atoms with Crippen LogP contribution in [0.25, 0.3) is 0 Å². The van der Waals surface area contributed by atoms with Gasteiger partial charge in [0, 0.05) is 12.4 Å². The van der Waals surface area contributed by atoms with E-state index in [4.69, 9.17) is 11.6 Å². The van der Waals surface area contributed by atoms with Crippen molar-refractivity contribution in [1.82, 2.24) is 9.97 Å². The molecule has 0 atom stereocenters. The van der Waals surface area contributed by atoms with Gasteiger partial charge in [-0.15, -0.1) is 0 Å². The summed E-state index contributed by atoms with van der Waals surface area (Å²) in [5, 5.41) is -0.178. The third kappa shape index (κ3) is 2.22. The Morgan fingerprint density at radius 3 is 2.44 bits per heavy atom. The zero-order valence-corrected chi connectivity index (χ0v) is 10.0. The first-order valence-corrected chi connectivity index (χ1v) is 5.35. The van der Waals surface area contributed by atoms with Gasteiger partial charge in [0.1, 0.15) is 0 Å². The number of carbonyl (C=O) groups excluding carboxylic acids is 1. The Kier molecular flexibility index (Phi) is 3.34. The Balaban J connectivity index is 2.52. The third-order valence-electron chi connectivity index (χ3n) is 2.26. The smallest absolute Gasteiger partial charge is 0.234 e. The molecular formula is C12H7ClF2N2O. The van der Waals surface area contributed by atoms with Gasteiger partial charge in [0.15, 0.2) is 11.6 Å². The second-order valence-electron chi connectivity index (χ2n) is 3.63. The first kappa shape index (κ1) is 12.6. The number of hydrogen-bond donors (Lipinski definition) is 0. The molecule has 6 heteroatoms. The minimum absolute atomic E-state index is 0.178. The summed E-state index contributed by atoms with van der Waals surface area (Å²) in [6.45, 7) is 1.74. The summed E-state index contributed by atoms with van der Waals surface area (Å²) in [7, 11) is 0. The van der Waals surface area contributed by atoms with Crippen LogP contribution < -0.4 is 0 Å². The van der Waals surface area contributed by atoms with Gasteiger partial charge in [0.2, 0.25) is 11.6 Å². The van der Waals surface area contributed by atoms with Crippen LogP contribution in [0.4, 0.5) is 8.78 Å². The van der Waals surface area contributed by atoms with Gasteiger partial charge in [-0.1, -0.05) is 11.6 Å². The van der Waals surface area contributed by atoms with E-state index in [9.17, 15) is 13.6 Å². The molecule has 0 bridgehead atoms. The standard InChI is InChI=1S/C12H7ClF2N2O/c1-6-4-16-12(17-5-6)11(18)9-7(13)2-3-8(14)10(9)15/h2-5H,1H3. The maximum Gasteiger partial charge on any atom is 0.234 e. The fourth-order valence-electron chi connectivity index (χ4n) is 1.36. The van der Waals surface area contributed by atoms with Gasteiger partial charge < -0.3 is 0 Å². The molecular weight excluding hydrogens is 262 g/mol. The van der Waals surface area contributed by atoms with Crippen LogP contribution in [0.2, 0.25) is 5.02 Å². The lowest BCUT2D eigenvalue weighted by molar-refractivity contribution is 0.102. The lowest BCUT2D eigenvalue weighted by atomic mass is 10.1. The molecule has 0 saturated carbocycles. The van der Waals surface area contributed by atoms with E-state index in [1.165, 1.54) is 12.4 Å². The summed E-state index contributed by atoms with van der Waals surface area (Å²) in [5.74, 6) is -3.52. The summed E-state index contributed by atoms with van der Waals surface area (Å²) in [6.07, 6.45) is 2.82. The van der Waals surface area contributed by atoms with E-state index in [2.05, 4.69) is 9.97 Å². The predicted octanol–water partition coefficient (Wildman–Crippen LogP) is 2.95. The highest BCUT2D eigenvalue weighted by molar-refractivity contribution is 6.34. The van der Waals surface area contributed by atoms with Crippen molar-refractivity contribution in [1.29, 1.82) is 0 Å². The molecule has 0 N–H and O–H groups in total. The Hall–Kier alpha value is -1.88. The van der Waals surface area contributed by atoms with Gasteiger partial charge in [-0.2, -0.15) is 0 Å². The van der Waals surface area contributed by atoms with Crippen molar-refractivity contribution in [3.05, 3.63) is 58.1 Å². The summed E-state index contributed by atoms with van der Waals surface area (Å²) < 4.78 is 26.6. The maximum atomic E-state index is 13.5. The number of rotatable bonds is 2. The average molecular weight is 269 g/mol. The van der Waals surface area contributed by atoms with Crippen LogP contribution in [0.15, 0.2) is 24.5 Å². The molecule has 0 aliphatic rings. The van der Waals surface area contributed by atoms with E-state index in [0.717, 1.165) is 17.7 Å². The average Bonchev–Trinajstić information content (AvgIpc) is 2.35. The lowest BCUT2D eigenvalue weighted by Gasteiger charge is -2.04. The summed E-state index contributed by atoms with van der Waals surface area (Å²) >= 11 is 5.69. The molecule has 1 heterocycles. The van der Waals surface area contributed by atoms with Crippen LogP contribution in [0.3, 0.4) is 0 Å². The van der Waals surface area contributed by atoms with Crippen LogP contribution >= 0.6 is 11.6 Å². The largest absolute Gasteiger partial charge is 0.285 e. The van der Waals surface area contributed by atoms with Crippen LogP contribution in [0.1, 0.15) is 21.7 Å². The lowest BCUT2D eigenvalue weighted by Crippen LogP contribution is -2.11. The number of hydrogen-bond acceptors (Lipinski definition) is 3. The minimum Gasteiger partial charge on any atom is -0.285 e. The monoisotopic (exact) mass is 268 g/mol. The van der Waals surface area contributed by atoms with Crippen molar-refractivity contribution in [2.75, 3.05) is 0 Å².